The average Bonchev–Trinajstić information content (AvgIpc) is 2.05. The molecule has 0 heterocycles. The molecule has 0 saturated carbocycles. The highest BCUT2D eigenvalue weighted by atomic mass is 14.7. The van der Waals surface area contributed by atoms with Gasteiger partial charge in [-0.3, -0.25) is 4.99 Å². The Kier molecular flexibility index (Phi) is 2.81. The Balaban J connectivity index is 3.17. The van der Waals surface area contributed by atoms with Crippen LogP contribution in [0.2, 0.25) is 0 Å². The number of aliphatic imine (C=N–C) groups is 1. The predicted octanol–water partition coefficient (Wildman–Crippen LogP) is 3.44. The second kappa shape index (κ2) is 3.86. The molecule has 0 spiro atoms. The number of hydrogen-bond donors (Lipinski definition) is 0. The van der Waals surface area contributed by atoms with Crippen LogP contribution >= 0.6 is 0 Å². The van der Waals surface area contributed by atoms with E-state index in [9.17, 15) is 0 Å². The van der Waals surface area contributed by atoms with Crippen LogP contribution in [0.1, 0.15) is 19.4 Å². The maximum Gasteiger partial charge on any atom is 0.0700 e. The highest BCUT2D eigenvalue weighted by Gasteiger charge is 1.98. The first-order chi connectivity index (χ1) is 5.75. The minimum Gasteiger partial charge on any atom is -0.261 e. The molecule has 0 N–H and O–H groups in total. The minimum atomic E-state index is 0.993. The number of rotatable bonds is 2. The summed E-state index contributed by atoms with van der Waals surface area (Å²) in [6, 6.07) is 8.00. The van der Waals surface area contributed by atoms with Crippen molar-refractivity contribution < 1.29 is 0 Å². The van der Waals surface area contributed by atoms with Crippen molar-refractivity contribution in [1.82, 2.24) is 0 Å². The zero-order valence-corrected chi connectivity index (χ0v) is 7.54. The molecule has 12 heavy (non-hydrogen) atoms. The van der Waals surface area contributed by atoms with Crippen LogP contribution in [0.5, 0.6) is 0 Å². The number of nitrogens with zero attached hydrogens (tertiary/aromatic N) is 1. The van der Waals surface area contributed by atoms with Gasteiger partial charge in [0.1, 0.15) is 0 Å². The van der Waals surface area contributed by atoms with Crippen LogP contribution in [-0.2, 0) is 0 Å². The lowest BCUT2D eigenvalue weighted by Gasteiger charge is -2.02. The molecule has 0 bridgehead atoms. The smallest absolute Gasteiger partial charge is 0.0700 e. The molecular formula is C11H13N. The van der Waals surface area contributed by atoms with Crippen molar-refractivity contribution in [2.24, 2.45) is 4.99 Å². The lowest BCUT2D eigenvalue weighted by atomic mass is 10.1. The van der Waals surface area contributed by atoms with Crippen LogP contribution in [0.15, 0.2) is 35.8 Å². The van der Waals surface area contributed by atoms with E-state index in [2.05, 4.69) is 11.6 Å². The van der Waals surface area contributed by atoms with Crippen LogP contribution in [0, 0.1) is 0 Å². The second-order valence-electron chi connectivity index (χ2n) is 2.68. The van der Waals surface area contributed by atoms with Crippen molar-refractivity contribution >= 4 is 17.5 Å². The fourth-order valence-corrected chi connectivity index (χ4v) is 1.09. The molecule has 0 fully saturated rings. The summed E-state index contributed by atoms with van der Waals surface area (Å²) in [5.41, 5.74) is 3.17. The minimum absolute atomic E-state index is 0.993. The van der Waals surface area contributed by atoms with Crippen molar-refractivity contribution in [3.63, 3.8) is 0 Å². The Morgan fingerprint density at radius 3 is 2.67 bits per heavy atom. The lowest BCUT2D eigenvalue weighted by Crippen LogP contribution is -1.78. The largest absolute Gasteiger partial charge is 0.261 e. The first kappa shape index (κ1) is 8.72. The fraction of sp³-hybridized carbons (Fsp3) is 0.182. The standard InChI is InChI=1S/C11H13N/c1-4-12-11-8-6-5-7-10(11)9(2)3/h4-8H,2H2,1,3H3/b12-4-. The Labute approximate surface area is 73.5 Å². The molecule has 0 aliphatic rings. The van der Waals surface area contributed by atoms with Gasteiger partial charge in [-0.25, -0.2) is 0 Å². The van der Waals surface area contributed by atoms with Gasteiger partial charge in [-0.2, -0.15) is 0 Å². The molecule has 1 aromatic rings. The van der Waals surface area contributed by atoms with Crippen LogP contribution in [0.25, 0.3) is 5.57 Å². The average molecular weight is 159 g/mol. The summed E-state index contributed by atoms with van der Waals surface area (Å²) in [6.07, 6.45) is 1.79. The van der Waals surface area contributed by atoms with E-state index in [4.69, 9.17) is 0 Å². The van der Waals surface area contributed by atoms with Gasteiger partial charge in [0.2, 0.25) is 0 Å². The van der Waals surface area contributed by atoms with Crippen molar-refractivity contribution in [3.05, 3.63) is 36.4 Å². The van der Waals surface area contributed by atoms with Gasteiger partial charge in [-0.1, -0.05) is 24.8 Å². The van der Waals surface area contributed by atoms with Crippen LogP contribution in [0.3, 0.4) is 0 Å². The quantitative estimate of drug-likeness (QED) is 0.586. The molecule has 0 aliphatic heterocycles. The molecule has 0 aliphatic carbocycles. The maximum absolute atomic E-state index is 4.24. The van der Waals surface area contributed by atoms with Crippen LogP contribution in [0.4, 0.5) is 5.69 Å². The molecule has 62 valence electrons. The predicted molar refractivity (Wildman–Crippen MR) is 55.0 cm³/mol. The molecule has 0 amide bonds. The SMILES string of the molecule is C=C(C)c1ccccc1/N=C\C. The van der Waals surface area contributed by atoms with E-state index in [1.54, 1.807) is 6.21 Å². The molecule has 1 heteroatoms. The van der Waals surface area contributed by atoms with Gasteiger partial charge in [-0.15, -0.1) is 0 Å². The van der Waals surface area contributed by atoms with Crippen LogP contribution < -0.4 is 0 Å². The maximum atomic E-state index is 4.24. The Hall–Kier alpha value is -1.37. The molecular weight excluding hydrogens is 146 g/mol. The summed E-state index contributed by atoms with van der Waals surface area (Å²) in [6.45, 7) is 7.80. The van der Waals surface area contributed by atoms with Gasteiger partial charge in [0.15, 0.2) is 0 Å². The molecule has 0 atom stereocenters. The van der Waals surface area contributed by atoms with Crippen molar-refractivity contribution in [2.75, 3.05) is 0 Å². The van der Waals surface area contributed by atoms with Crippen molar-refractivity contribution in [3.8, 4) is 0 Å². The van der Waals surface area contributed by atoms with Crippen molar-refractivity contribution in [1.29, 1.82) is 0 Å². The summed E-state index contributed by atoms with van der Waals surface area (Å²) in [7, 11) is 0. The van der Waals surface area contributed by atoms with E-state index in [-0.39, 0.29) is 0 Å². The Morgan fingerprint density at radius 2 is 2.08 bits per heavy atom. The normalized spacial score (nSPS) is 10.5. The first-order valence-corrected chi connectivity index (χ1v) is 3.99. The molecule has 0 aromatic heterocycles. The van der Waals surface area contributed by atoms with Gasteiger partial charge in [0.05, 0.1) is 5.69 Å². The molecule has 0 unspecified atom stereocenters. The molecule has 1 rings (SSSR count). The lowest BCUT2D eigenvalue weighted by molar-refractivity contribution is 1.47. The molecule has 1 aromatic carbocycles. The summed E-state index contributed by atoms with van der Waals surface area (Å²) >= 11 is 0. The first-order valence-electron chi connectivity index (χ1n) is 3.99. The Morgan fingerprint density at radius 1 is 1.42 bits per heavy atom. The van der Waals surface area contributed by atoms with E-state index in [0.29, 0.717) is 0 Å². The summed E-state index contributed by atoms with van der Waals surface area (Å²) in [5, 5.41) is 0. The number of benzene rings is 1. The van der Waals surface area contributed by atoms with E-state index < -0.39 is 0 Å². The van der Waals surface area contributed by atoms with E-state index >= 15 is 0 Å². The zero-order chi connectivity index (χ0) is 8.97. The van der Waals surface area contributed by atoms with Gasteiger partial charge in [0, 0.05) is 11.8 Å². The third-order valence-corrected chi connectivity index (χ3v) is 1.63. The highest BCUT2D eigenvalue weighted by molar-refractivity contribution is 5.74. The number of allylic oxidation sites excluding steroid dienone is 1. The highest BCUT2D eigenvalue weighted by Crippen LogP contribution is 2.23. The van der Waals surface area contributed by atoms with Gasteiger partial charge >= 0.3 is 0 Å². The summed E-state index contributed by atoms with van der Waals surface area (Å²) < 4.78 is 0. The van der Waals surface area contributed by atoms with E-state index in [1.807, 2.05) is 38.1 Å². The second-order valence-corrected chi connectivity index (χ2v) is 2.68. The van der Waals surface area contributed by atoms with Gasteiger partial charge in [0.25, 0.3) is 0 Å². The Bertz CT molecular complexity index is 311. The van der Waals surface area contributed by atoms with E-state index in [0.717, 1.165) is 16.8 Å². The van der Waals surface area contributed by atoms with Crippen molar-refractivity contribution in [2.45, 2.75) is 13.8 Å². The summed E-state index contributed by atoms with van der Waals surface area (Å²) in [4.78, 5) is 4.24. The fourth-order valence-electron chi connectivity index (χ4n) is 1.09. The molecule has 0 saturated heterocycles. The van der Waals surface area contributed by atoms with Gasteiger partial charge in [-0.05, 0) is 25.5 Å². The number of para-hydroxylation sites is 1. The third kappa shape index (κ3) is 1.82. The zero-order valence-electron chi connectivity index (χ0n) is 7.54. The molecule has 0 radical (unpaired) electrons. The topological polar surface area (TPSA) is 12.4 Å². The third-order valence-electron chi connectivity index (χ3n) is 1.63. The summed E-state index contributed by atoms with van der Waals surface area (Å²) in [5.74, 6) is 0. The molecule has 1 nitrogen and oxygen atoms in total. The van der Waals surface area contributed by atoms with Crippen LogP contribution in [-0.4, -0.2) is 6.21 Å². The number of hydrogen-bond acceptors (Lipinski definition) is 1. The monoisotopic (exact) mass is 159 g/mol. The van der Waals surface area contributed by atoms with E-state index in [1.165, 1.54) is 0 Å². The van der Waals surface area contributed by atoms with Gasteiger partial charge < -0.3 is 0 Å².